The van der Waals surface area contributed by atoms with Crippen LogP contribution >= 0.6 is 0 Å². The van der Waals surface area contributed by atoms with Crippen molar-refractivity contribution in [1.82, 2.24) is 0 Å². The first kappa shape index (κ1) is 14.4. The van der Waals surface area contributed by atoms with E-state index in [1.54, 1.807) is 30.3 Å². The van der Waals surface area contributed by atoms with Crippen LogP contribution in [0.5, 0.6) is 0 Å². The van der Waals surface area contributed by atoms with Crippen LogP contribution in [0.4, 0.5) is 0 Å². The van der Waals surface area contributed by atoms with E-state index in [1.807, 2.05) is 0 Å². The molecule has 4 nitrogen and oxygen atoms in total. The molecular weight excluding hydrogens is 224 g/mol. The molecule has 0 saturated heterocycles. The summed E-state index contributed by atoms with van der Waals surface area (Å²) >= 11 is 0. The fourth-order valence-corrected chi connectivity index (χ4v) is 1.13. The Hall–Kier alpha value is -0.580. The van der Waals surface area contributed by atoms with Gasteiger partial charge in [0.2, 0.25) is 0 Å². The molecule has 0 aliphatic carbocycles. The third-order valence-electron chi connectivity index (χ3n) is 1.88. The van der Waals surface area contributed by atoms with Gasteiger partial charge in [-0.25, -0.2) is 0 Å². The van der Waals surface area contributed by atoms with Crippen LogP contribution in [0.15, 0.2) is 30.3 Å². The molecule has 0 aliphatic heterocycles. The average Bonchev–Trinajstić information content (AvgIpc) is 2.15. The van der Waals surface area contributed by atoms with Gasteiger partial charge >= 0.3 is 49.7 Å². The molecule has 2 N–H and O–H groups in total. The second-order valence-corrected chi connectivity index (χ2v) is 2.92. The Bertz CT molecular complexity index is 331. The van der Waals surface area contributed by atoms with Gasteiger partial charge in [0.15, 0.2) is 5.92 Å². The molecule has 1 aromatic carbocycles. The summed E-state index contributed by atoms with van der Waals surface area (Å²) in [6.07, 6.45) is 0.0194. The average molecular weight is 236 g/mol. The van der Waals surface area contributed by atoms with Gasteiger partial charge in [0.05, 0.1) is 0 Å². The Morgan fingerprint density at radius 3 is 2.00 bits per heavy atom. The van der Waals surface area contributed by atoms with Gasteiger partial charge in [0, 0.05) is 0 Å². The predicted octanol–water partition coefficient (Wildman–Crippen LogP) is 0.859. The molecule has 0 fully saturated rings. The van der Waals surface area contributed by atoms with Crippen LogP contribution in [-0.4, -0.2) is 59.9 Å². The number of carbonyl (C=O) groups is 2. The zero-order valence-corrected chi connectivity index (χ0v) is 10.3. The summed E-state index contributed by atoms with van der Waals surface area (Å²) in [5, 5.41) is 17.2. The summed E-state index contributed by atoms with van der Waals surface area (Å²) < 4.78 is 0. The minimum atomic E-state index is -1.36. The minimum absolute atomic E-state index is 0. The van der Waals surface area contributed by atoms with Crippen molar-refractivity contribution in [1.29, 1.82) is 0 Å². The van der Waals surface area contributed by atoms with E-state index in [2.05, 4.69) is 0 Å². The van der Waals surface area contributed by atoms with Crippen molar-refractivity contribution >= 4 is 49.7 Å². The van der Waals surface area contributed by atoms with Crippen LogP contribution in [-0.2, 0) is 16.0 Å². The van der Waals surface area contributed by atoms with Crippen LogP contribution in [0.2, 0.25) is 0 Å². The van der Waals surface area contributed by atoms with E-state index in [0.29, 0.717) is 5.56 Å². The standard InChI is InChI=1S/C10H10O4.Ca.2H/c11-9(12)8(10(13)14)6-7-4-2-1-3-5-7;;;/h1-5,8H,6H2,(H,11,12)(H,13,14);;;/q;+2;2*-1. The molecule has 0 aliphatic rings. The smallest absolute Gasteiger partial charge is 1.00 e. The number of carboxylic acid groups (broad SMARTS) is 2. The van der Waals surface area contributed by atoms with Gasteiger partial charge in [-0.1, -0.05) is 30.3 Å². The number of benzene rings is 1. The maximum atomic E-state index is 10.6. The normalized spacial score (nSPS) is 9.40. The van der Waals surface area contributed by atoms with E-state index in [9.17, 15) is 9.59 Å². The molecule has 0 spiro atoms. The van der Waals surface area contributed by atoms with E-state index in [-0.39, 0.29) is 47.0 Å². The second kappa shape index (κ2) is 6.82. The molecule has 15 heavy (non-hydrogen) atoms. The number of hydrogen-bond acceptors (Lipinski definition) is 2. The summed E-state index contributed by atoms with van der Waals surface area (Å²) in [6.45, 7) is 0. The van der Waals surface area contributed by atoms with Crippen molar-refractivity contribution in [3.8, 4) is 0 Å². The van der Waals surface area contributed by atoms with Gasteiger partial charge in [0.25, 0.3) is 0 Å². The van der Waals surface area contributed by atoms with E-state index in [1.165, 1.54) is 0 Å². The molecule has 0 bridgehead atoms. The largest absolute Gasteiger partial charge is 2.00 e. The maximum absolute atomic E-state index is 10.6. The molecule has 78 valence electrons. The van der Waals surface area contributed by atoms with Crippen LogP contribution in [0, 0.1) is 5.92 Å². The summed E-state index contributed by atoms with van der Waals surface area (Å²) in [4.78, 5) is 21.1. The van der Waals surface area contributed by atoms with Gasteiger partial charge in [-0.05, 0) is 12.0 Å². The van der Waals surface area contributed by atoms with E-state index >= 15 is 0 Å². The summed E-state index contributed by atoms with van der Waals surface area (Å²) in [5.41, 5.74) is 0.710. The minimum Gasteiger partial charge on any atom is -1.00 e. The molecule has 0 aromatic heterocycles. The number of hydrogen-bond donors (Lipinski definition) is 2. The maximum Gasteiger partial charge on any atom is 2.00 e. The summed E-state index contributed by atoms with van der Waals surface area (Å²) in [6, 6.07) is 8.70. The van der Waals surface area contributed by atoms with Gasteiger partial charge < -0.3 is 13.1 Å². The van der Waals surface area contributed by atoms with Gasteiger partial charge in [-0.2, -0.15) is 0 Å². The number of rotatable bonds is 4. The molecule has 0 atom stereocenters. The Morgan fingerprint density at radius 1 is 1.13 bits per heavy atom. The SMILES string of the molecule is O=C(O)C(Cc1ccccc1)C(=O)O.[Ca+2].[H-].[H-]. The zero-order chi connectivity index (χ0) is 10.6. The van der Waals surface area contributed by atoms with Crippen LogP contribution in [0.3, 0.4) is 0 Å². The van der Waals surface area contributed by atoms with Gasteiger partial charge in [-0.3, -0.25) is 9.59 Å². The van der Waals surface area contributed by atoms with Crippen LogP contribution in [0.25, 0.3) is 0 Å². The van der Waals surface area contributed by atoms with Gasteiger partial charge in [-0.15, -0.1) is 0 Å². The Morgan fingerprint density at radius 2 is 1.60 bits per heavy atom. The van der Waals surface area contributed by atoms with E-state index < -0.39 is 17.9 Å². The molecule has 1 aromatic rings. The Labute approximate surface area is 120 Å². The quantitative estimate of drug-likeness (QED) is 0.600. The molecule has 0 saturated carbocycles. The summed E-state index contributed by atoms with van der Waals surface area (Å²) in [5.74, 6) is -3.97. The summed E-state index contributed by atoms with van der Waals surface area (Å²) in [7, 11) is 0. The molecular formula is C10H12CaO4. The third kappa shape index (κ3) is 4.64. The third-order valence-corrected chi connectivity index (χ3v) is 1.88. The number of carboxylic acids is 2. The zero-order valence-electron chi connectivity index (χ0n) is 10.1. The topological polar surface area (TPSA) is 74.6 Å². The van der Waals surface area contributed by atoms with Crippen LogP contribution in [0.1, 0.15) is 8.42 Å². The van der Waals surface area contributed by atoms with Crippen molar-refractivity contribution in [3.63, 3.8) is 0 Å². The second-order valence-electron chi connectivity index (χ2n) is 2.92. The van der Waals surface area contributed by atoms with Crippen molar-refractivity contribution in [2.45, 2.75) is 6.42 Å². The molecule has 0 amide bonds. The van der Waals surface area contributed by atoms with E-state index in [0.717, 1.165) is 0 Å². The van der Waals surface area contributed by atoms with E-state index in [4.69, 9.17) is 10.2 Å². The first-order valence-electron chi connectivity index (χ1n) is 4.11. The molecule has 1 rings (SSSR count). The fraction of sp³-hybridized carbons (Fsp3) is 0.200. The Kier molecular flexibility index (Phi) is 6.56. The van der Waals surface area contributed by atoms with Crippen molar-refractivity contribution in [2.75, 3.05) is 0 Å². The fourth-order valence-electron chi connectivity index (χ4n) is 1.13. The van der Waals surface area contributed by atoms with Crippen molar-refractivity contribution < 1.29 is 22.7 Å². The Balaban J connectivity index is -0.000000653. The van der Waals surface area contributed by atoms with Crippen molar-refractivity contribution in [2.24, 2.45) is 5.92 Å². The first-order chi connectivity index (χ1) is 6.61. The van der Waals surface area contributed by atoms with Crippen LogP contribution < -0.4 is 0 Å². The number of aliphatic carboxylic acids is 2. The molecule has 0 radical (unpaired) electrons. The van der Waals surface area contributed by atoms with Gasteiger partial charge in [0.1, 0.15) is 0 Å². The molecule has 0 unspecified atom stereocenters. The molecule has 5 heteroatoms. The predicted molar refractivity (Wildman–Crippen MR) is 56.9 cm³/mol. The monoisotopic (exact) mass is 236 g/mol. The molecule has 0 heterocycles. The van der Waals surface area contributed by atoms with Crippen molar-refractivity contribution in [3.05, 3.63) is 35.9 Å². The first-order valence-corrected chi connectivity index (χ1v) is 4.11.